The summed E-state index contributed by atoms with van der Waals surface area (Å²) in [4.78, 5) is 104. The first-order valence-electron chi connectivity index (χ1n) is 34.0. The molecule has 6 aliphatic rings. The van der Waals surface area contributed by atoms with E-state index >= 15 is 8.78 Å². The molecule has 95 heavy (non-hydrogen) atoms. The number of aliphatic hydroxyl groups excluding tert-OH is 1. The summed E-state index contributed by atoms with van der Waals surface area (Å²) in [6, 6.07) is 10.0. The van der Waals surface area contributed by atoms with Crippen LogP contribution in [0.25, 0.3) is 10.4 Å². The van der Waals surface area contributed by atoms with Gasteiger partial charge in [0.05, 0.1) is 65.3 Å². The molecular formula is C69H98F2N14O9S. The Hall–Kier alpha value is -6.97. The summed E-state index contributed by atoms with van der Waals surface area (Å²) in [5, 5.41) is 28.8. The number of benzene rings is 2. The highest BCUT2D eigenvalue weighted by atomic mass is 32.1. The molecule has 7 heterocycles. The molecule has 0 bridgehead atoms. The van der Waals surface area contributed by atoms with Gasteiger partial charge in [-0.2, -0.15) is 0 Å². The number of ether oxygens (including phenoxy) is 2. The Bertz CT molecular complexity index is 3300. The van der Waals surface area contributed by atoms with Crippen molar-refractivity contribution in [2.45, 2.75) is 155 Å². The van der Waals surface area contributed by atoms with Crippen LogP contribution in [0.1, 0.15) is 129 Å². The predicted octanol–water partition coefficient (Wildman–Crippen LogP) is 5.71. The topological polar surface area (TPSA) is 268 Å². The highest BCUT2D eigenvalue weighted by Crippen LogP contribution is 2.40. The number of likely N-dealkylation sites (tertiary alicyclic amines) is 3. The van der Waals surface area contributed by atoms with Gasteiger partial charge < -0.3 is 66.1 Å². The van der Waals surface area contributed by atoms with Gasteiger partial charge in [-0.15, -0.1) is 11.3 Å². The van der Waals surface area contributed by atoms with Crippen molar-refractivity contribution in [3.8, 4) is 10.4 Å². The lowest BCUT2D eigenvalue weighted by Gasteiger charge is -2.48. The quantitative estimate of drug-likeness (QED) is 0.0352. The van der Waals surface area contributed by atoms with Gasteiger partial charge >= 0.3 is 0 Å². The van der Waals surface area contributed by atoms with Gasteiger partial charge in [0.2, 0.25) is 35.4 Å². The van der Waals surface area contributed by atoms with Crippen LogP contribution in [0.5, 0.6) is 0 Å². The second-order valence-corrected chi connectivity index (χ2v) is 29.8. The van der Waals surface area contributed by atoms with Crippen molar-refractivity contribution < 1.29 is 52.1 Å². The van der Waals surface area contributed by atoms with Crippen molar-refractivity contribution >= 4 is 64.1 Å². The Balaban J connectivity index is 0.549. The Morgan fingerprint density at radius 1 is 0.811 bits per heavy atom. The minimum atomic E-state index is -1.01. The zero-order chi connectivity index (χ0) is 67.6. The third kappa shape index (κ3) is 19.0. The Morgan fingerprint density at radius 3 is 2.23 bits per heavy atom. The lowest BCUT2D eigenvalue weighted by Crippen LogP contribution is -2.66. The Labute approximate surface area is 561 Å². The maximum atomic E-state index is 15.7. The molecule has 7 N–H and O–H groups in total. The molecule has 10 rings (SSSR count). The second-order valence-electron chi connectivity index (χ2n) is 28.9. The third-order valence-electron chi connectivity index (χ3n) is 20.0. The molecule has 26 heteroatoms. The van der Waals surface area contributed by atoms with E-state index in [2.05, 4.69) is 75.4 Å². The van der Waals surface area contributed by atoms with Gasteiger partial charge in [-0.1, -0.05) is 58.9 Å². The number of hydrogen-bond acceptors (Lipinski definition) is 18. The second kappa shape index (κ2) is 31.5. The van der Waals surface area contributed by atoms with Crippen molar-refractivity contribution in [1.82, 2.24) is 56.2 Å². The van der Waals surface area contributed by atoms with Gasteiger partial charge in [-0.05, 0) is 112 Å². The van der Waals surface area contributed by atoms with Crippen LogP contribution in [0.3, 0.4) is 0 Å². The van der Waals surface area contributed by atoms with E-state index in [0.717, 1.165) is 85.9 Å². The van der Waals surface area contributed by atoms with Gasteiger partial charge in [0.15, 0.2) is 0 Å². The van der Waals surface area contributed by atoms with Crippen LogP contribution in [-0.4, -0.2) is 205 Å². The molecule has 4 aromatic rings. The van der Waals surface area contributed by atoms with Crippen LogP contribution >= 0.6 is 11.3 Å². The van der Waals surface area contributed by atoms with Crippen molar-refractivity contribution in [3.05, 3.63) is 82.8 Å². The molecule has 1 spiro atoms. The molecule has 518 valence electrons. The number of amides is 6. The number of piperazine rings is 1. The molecule has 6 amide bonds. The summed E-state index contributed by atoms with van der Waals surface area (Å²) in [5.74, 6) is -0.639. The molecule has 1 saturated carbocycles. The molecule has 7 atom stereocenters. The van der Waals surface area contributed by atoms with Gasteiger partial charge in [0.25, 0.3) is 0 Å². The van der Waals surface area contributed by atoms with Crippen molar-refractivity contribution in [2.24, 2.45) is 22.7 Å². The molecular weight excluding hydrogens is 1240 g/mol. The number of carbonyl (C=O) groups is 6. The number of aryl methyl sites for hydroxylation is 1. The van der Waals surface area contributed by atoms with Gasteiger partial charge in [-0.25, -0.2) is 23.7 Å². The molecule has 23 nitrogen and oxygen atoms in total. The molecule has 0 unspecified atom stereocenters. The summed E-state index contributed by atoms with van der Waals surface area (Å²) >= 11 is 1.56. The monoisotopic (exact) mass is 1340 g/mol. The number of nitrogens with zero attached hydrogens (tertiary/aromatic N) is 8. The zero-order valence-electron chi connectivity index (χ0n) is 56.3. The Morgan fingerprint density at radius 2 is 1.53 bits per heavy atom. The van der Waals surface area contributed by atoms with Crippen LogP contribution < -0.4 is 41.7 Å². The number of carbonyl (C=O) groups excluding carboxylic acids is 6. The molecule has 5 saturated heterocycles. The summed E-state index contributed by atoms with van der Waals surface area (Å²) in [6.07, 6.45) is 6.15. The molecule has 1 aliphatic carbocycles. The van der Waals surface area contributed by atoms with E-state index in [1.807, 2.05) is 70.5 Å². The highest BCUT2D eigenvalue weighted by Gasteiger charge is 2.46. The van der Waals surface area contributed by atoms with Crippen LogP contribution in [0.2, 0.25) is 0 Å². The maximum Gasteiger partial charge on any atom is 0.246 e. The standard InChI is InChI=1S/C69H98F2N14O9S/c1-44(46-9-11-47(12-10-46)63-45(2)77-43-95-63)78-65(91)56-32-51(86)38-85(56)66(92)64(67(3,4)5)79-60(88)14-13-59(87)74-21-27-93-28-26-82-35-48-29-52(30-49(48)36-82)94-40-62(90)73-20-8-19-72-57-34-58(76-42-75-57)83-24-17-69(18-25-83)41-84(39-61(89)80-69)55-33-53(70)50(31-54(55)71)37-81-22-15-68(6,7)16-23-81/h9-12,31,33-34,42-44,48-49,51-52,56,64,86H,8,13-30,32,35-41H2,1-7H3,(H,73,90)(H,74,87)(H,78,91)(H,79,88)(H,80,89)(H,72,75,76)/t44-,48-,49+,51+,52-,56-,64+/m0/s1. The number of rotatable bonds is 27. The molecule has 0 radical (unpaired) electrons. The molecule has 2 aromatic carbocycles. The highest BCUT2D eigenvalue weighted by molar-refractivity contribution is 7.13. The smallest absolute Gasteiger partial charge is 0.246 e. The van der Waals surface area contributed by atoms with E-state index in [-0.39, 0.29) is 86.5 Å². The molecule has 2 aromatic heterocycles. The minimum absolute atomic E-state index is 0.00714. The summed E-state index contributed by atoms with van der Waals surface area (Å²) in [6.45, 7) is 22.0. The number of thiazole rings is 1. The fourth-order valence-corrected chi connectivity index (χ4v) is 15.1. The van der Waals surface area contributed by atoms with Gasteiger partial charge in [-0.3, -0.25) is 33.7 Å². The number of aliphatic hydroxyl groups is 1. The summed E-state index contributed by atoms with van der Waals surface area (Å²) in [5.41, 5.74) is 4.04. The number of hydrogen-bond donors (Lipinski definition) is 7. The van der Waals surface area contributed by atoms with Crippen molar-refractivity contribution in [1.29, 1.82) is 0 Å². The summed E-state index contributed by atoms with van der Waals surface area (Å²) in [7, 11) is 0. The average molecular weight is 1340 g/mol. The minimum Gasteiger partial charge on any atom is -0.391 e. The fourth-order valence-electron chi connectivity index (χ4n) is 14.3. The lowest BCUT2D eigenvalue weighted by atomic mass is 9.82. The zero-order valence-corrected chi connectivity index (χ0v) is 57.1. The molecule has 6 fully saturated rings. The fraction of sp³-hybridized carbons (Fsp3) is 0.638. The number of piperidine rings is 2. The Kier molecular flexibility index (Phi) is 23.5. The van der Waals surface area contributed by atoms with Crippen LogP contribution in [0.15, 0.2) is 54.3 Å². The normalized spacial score (nSPS) is 22.7. The third-order valence-corrected chi connectivity index (χ3v) is 20.9. The van der Waals surface area contributed by atoms with Crippen molar-refractivity contribution in [2.75, 3.05) is 120 Å². The number of β-amino-alcohol motifs (C(OH)–C–C–N with tert-alkyl or cyclic N) is 1. The number of aromatic nitrogens is 3. The van der Waals surface area contributed by atoms with E-state index < -0.39 is 58.5 Å². The SMILES string of the molecule is Cc1ncsc1-c1ccc([C@H](C)NC(=O)[C@@H]2C[C@@H](O)CN2C(=O)[C@@H](NC(=O)CCC(=O)NCCOCCN2C[C@H]3C[C@@H](OCC(=O)NCCCNc4cc(N5CCC6(CC5)CN(c5cc(F)c(CN7CCC(C)(C)CC7)cc5F)CC(=O)N6)ncn4)C[C@H]3C2)C(C)(C)C)cc1. The predicted molar refractivity (Wildman–Crippen MR) is 359 cm³/mol. The average Bonchev–Trinajstić information content (AvgIpc) is 1.59. The van der Waals surface area contributed by atoms with E-state index in [4.69, 9.17) is 9.47 Å². The van der Waals surface area contributed by atoms with Crippen LogP contribution in [0, 0.1) is 41.2 Å². The van der Waals surface area contributed by atoms with Crippen LogP contribution in [-0.2, 0) is 44.8 Å². The number of halogens is 2. The number of fused-ring (bicyclic) bond motifs is 1. The lowest BCUT2D eigenvalue weighted by molar-refractivity contribution is -0.144. The first-order chi connectivity index (χ1) is 45.4. The largest absolute Gasteiger partial charge is 0.391 e. The first-order valence-corrected chi connectivity index (χ1v) is 34.9. The van der Waals surface area contributed by atoms with E-state index in [0.29, 0.717) is 95.0 Å². The molecule has 5 aliphatic heterocycles. The van der Waals surface area contributed by atoms with Crippen LogP contribution in [0.4, 0.5) is 26.1 Å². The van der Waals surface area contributed by atoms with Gasteiger partial charge in [0, 0.05) is 109 Å². The van der Waals surface area contributed by atoms with Gasteiger partial charge in [0.1, 0.15) is 48.3 Å². The van der Waals surface area contributed by atoms with Crippen molar-refractivity contribution in [3.63, 3.8) is 0 Å². The maximum absolute atomic E-state index is 15.7. The summed E-state index contributed by atoms with van der Waals surface area (Å²) < 4.78 is 43.2. The number of nitrogens with one attached hydrogen (secondary N) is 6. The van der Waals surface area contributed by atoms with E-state index in [9.17, 15) is 33.9 Å². The number of anilines is 3. The first kappa shape index (κ1) is 70.8. The van der Waals surface area contributed by atoms with E-state index in [1.54, 1.807) is 16.2 Å². The van der Waals surface area contributed by atoms with E-state index in [1.165, 1.54) is 23.4 Å².